The van der Waals surface area contributed by atoms with E-state index in [0.29, 0.717) is 39.0 Å². The second-order valence-electron chi connectivity index (χ2n) is 6.44. The average Bonchev–Trinajstić information content (AvgIpc) is 2.69. The summed E-state index contributed by atoms with van der Waals surface area (Å²) in [4.78, 5) is 2.07. The van der Waals surface area contributed by atoms with Crippen LogP contribution in [0.1, 0.15) is 12.0 Å². The summed E-state index contributed by atoms with van der Waals surface area (Å²) in [6.07, 6.45) is 0.977. The van der Waals surface area contributed by atoms with Crippen LogP contribution in [-0.4, -0.2) is 44.7 Å². The van der Waals surface area contributed by atoms with Crippen molar-refractivity contribution in [2.45, 2.75) is 12.8 Å². The van der Waals surface area contributed by atoms with Gasteiger partial charge in [0.2, 0.25) is 10.0 Å². The Morgan fingerprint density at radius 1 is 0.889 bits per heavy atom. The molecule has 1 saturated heterocycles. The molecule has 1 aliphatic heterocycles. The van der Waals surface area contributed by atoms with Crippen molar-refractivity contribution in [3.8, 4) is 11.8 Å². The number of sulfonamides is 1. The van der Waals surface area contributed by atoms with E-state index >= 15 is 0 Å². The molecule has 1 aliphatic rings. The molecule has 4 nitrogen and oxygen atoms in total. The smallest absolute Gasteiger partial charge is 0.215 e. The molecule has 1 fully saturated rings. The van der Waals surface area contributed by atoms with E-state index in [2.05, 4.69) is 16.7 Å². The number of hydrogen-bond donors (Lipinski definition) is 0. The van der Waals surface area contributed by atoms with Crippen LogP contribution in [0.4, 0.5) is 10.1 Å². The molecule has 0 radical (unpaired) electrons. The van der Waals surface area contributed by atoms with E-state index in [1.807, 2.05) is 30.3 Å². The minimum Gasteiger partial charge on any atom is -0.369 e. The second-order valence-corrected chi connectivity index (χ2v) is 8.53. The number of hydrogen-bond acceptors (Lipinski definition) is 3. The van der Waals surface area contributed by atoms with Gasteiger partial charge in [0.25, 0.3) is 0 Å². The lowest BCUT2D eigenvalue weighted by Gasteiger charge is -2.35. The van der Waals surface area contributed by atoms with Crippen LogP contribution < -0.4 is 4.90 Å². The van der Waals surface area contributed by atoms with Crippen LogP contribution in [0, 0.1) is 17.7 Å². The van der Waals surface area contributed by atoms with Gasteiger partial charge in [-0.25, -0.2) is 12.8 Å². The minimum absolute atomic E-state index is 0.0470. The molecule has 0 aliphatic carbocycles. The van der Waals surface area contributed by atoms with Gasteiger partial charge in [0.05, 0.1) is 5.75 Å². The molecular formula is C21H23FN2O2S. The topological polar surface area (TPSA) is 40.6 Å². The van der Waals surface area contributed by atoms with Crippen molar-refractivity contribution in [3.63, 3.8) is 0 Å². The Morgan fingerprint density at radius 2 is 1.56 bits per heavy atom. The van der Waals surface area contributed by atoms with Crippen LogP contribution in [-0.2, 0) is 16.4 Å². The quantitative estimate of drug-likeness (QED) is 0.742. The van der Waals surface area contributed by atoms with Crippen LogP contribution in [0.5, 0.6) is 0 Å². The monoisotopic (exact) mass is 386 g/mol. The molecular weight excluding hydrogens is 363 g/mol. The predicted octanol–water partition coefficient (Wildman–Crippen LogP) is 2.91. The highest BCUT2D eigenvalue weighted by molar-refractivity contribution is 7.89. The molecule has 0 N–H and O–H groups in total. The SMILES string of the molecule is O=S(=O)(CCC#CCc1ccccc1)N1CCN(c2ccc(F)cc2)CC1. The molecule has 0 spiro atoms. The summed E-state index contributed by atoms with van der Waals surface area (Å²) < 4.78 is 39.6. The maximum atomic E-state index is 13.0. The highest BCUT2D eigenvalue weighted by Gasteiger charge is 2.26. The number of piperazine rings is 1. The van der Waals surface area contributed by atoms with E-state index < -0.39 is 10.0 Å². The molecule has 0 aromatic heterocycles. The molecule has 6 heteroatoms. The molecule has 0 saturated carbocycles. The maximum absolute atomic E-state index is 13.0. The van der Waals surface area contributed by atoms with Crippen LogP contribution >= 0.6 is 0 Å². The van der Waals surface area contributed by atoms with E-state index in [4.69, 9.17) is 0 Å². The molecule has 1 heterocycles. The molecule has 0 amide bonds. The van der Waals surface area contributed by atoms with Crippen molar-refractivity contribution >= 4 is 15.7 Å². The first-order valence-corrected chi connectivity index (χ1v) is 10.6. The van der Waals surface area contributed by atoms with Crippen molar-refractivity contribution in [2.24, 2.45) is 0 Å². The van der Waals surface area contributed by atoms with Gasteiger partial charge in [-0.05, 0) is 29.8 Å². The van der Waals surface area contributed by atoms with Crippen molar-refractivity contribution in [1.29, 1.82) is 0 Å². The molecule has 142 valence electrons. The fourth-order valence-corrected chi connectivity index (χ4v) is 4.37. The van der Waals surface area contributed by atoms with E-state index in [0.717, 1.165) is 11.3 Å². The predicted molar refractivity (Wildman–Crippen MR) is 107 cm³/mol. The number of rotatable bonds is 5. The van der Waals surface area contributed by atoms with Gasteiger partial charge in [0.1, 0.15) is 5.82 Å². The number of benzene rings is 2. The van der Waals surface area contributed by atoms with Crippen molar-refractivity contribution < 1.29 is 12.8 Å². The molecule has 27 heavy (non-hydrogen) atoms. The molecule has 0 atom stereocenters. The Labute approximate surface area is 160 Å². The summed E-state index contributed by atoms with van der Waals surface area (Å²) in [7, 11) is -3.30. The minimum atomic E-state index is -3.30. The zero-order valence-electron chi connectivity index (χ0n) is 15.1. The van der Waals surface area contributed by atoms with E-state index in [1.165, 1.54) is 16.4 Å². The Balaban J connectivity index is 1.46. The zero-order chi connectivity index (χ0) is 19.1. The van der Waals surface area contributed by atoms with Crippen molar-refractivity contribution in [3.05, 3.63) is 66.0 Å². The maximum Gasteiger partial charge on any atom is 0.215 e. The second kappa shape index (κ2) is 9.03. The average molecular weight is 386 g/mol. The molecule has 3 rings (SSSR count). The fraction of sp³-hybridized carbons (Fsp3) is 0.333. The van der Waals surface area contributed by atoms with Gasteiger partial charge < -0.3 is 4.90 Å². The van der Waals surface area contributed by atoms with Crippen molar-refractivity contribution in [1.82, 2.24) is 4.31 Å². The Bertz CT molecular complexity index is 895. The lowest BCUT2D eigenvalue weighted by molar-refractivity contribution is 0.385. The summed E-state index contributed by atoms with van der Waals surface area (Å²) in [6.45, 7) is 2.09. The third-order valence-corrected chi connectivity index (χ3v) is 6.44. The van der Waals surface area contributed by atoms with E-state index in [-0.39, 0.29) is 11.6 Å². The Morgan fingerprint density at radius 3 is 2.22 bits per heavy atom. The Kier molecular flexibility index (Phi) is 6.49. The van der Waals surface area contributed by atoms with Gasteiger partial charge in [-0.15, -0.1) is 5.92 Å². The summed E-state index contributed by atoms with van der Waals surface area (Å²) >= 11 is 0. The standard InChI is InChI=1S/C21H23FN2O2S/c22-20-10-12-21(13-11-20)23-14-16-24(17-15-23)27(25,26)18-6-2-5-9-19-7-3-1-4-8-19/h1,3-4,7-8,10-13H,6,9,14-18H2. The molecule has 2 aromatic carbocycles. The number of anilines is 1. The highest BCUT2D eigenvalue weighted by atomic mass is 32.2. The molecule has 0 bridgehead atoms. The molecule has 0 unspecified atom stereocenters. The Hall–Kier alpha value is -2.36. The summed E-state index contributed by atoms with van der Waals surface area (Å²) in [5.41, 5.74) is 2.05. The third kappa shape index (κ3) is 5.56. The summed E-state index contributed by atoms with van der Waals surface area (Å²) in [5, 5.41) is 0. The van der Waals surface area contributed by atoms with Gasteiger partial charge in [-0.1, -0.05) is 36.3 Å². The lowest BCUT2D eigenvalue weighted by atomic mass is 10.2. The first kappa shape index (κ1) is 19.4. The zero-order valence-corrected chi connectivity index (χ0v) is 16.0. The van der Waals surface area contributed by atoms with Gasteiger partial charge in [0, 0.05) is 44.7 Å². The van der Waals surface area contributed by atoms with E-state index in [9.17, 15) is 12.8 Å². The van der Waals surface area contributed by atoms with E-state index in [1.54, 1.807) is 12.1 Å². The largest absolute Gasteiger partial charge is 0.369 e. The number of halogens is 1. The van der Waals surface area contributed by atoms with Gasteiger partial charge >= 0.3 is 0 Å². The van der Waals surface area contributed by atoms with Crippen LogP contribution in [0.25, 0.3) is 0 Å². The van der Waals surface area contributed by atoms with Crippen LogP contribution in [0.2, 0.25) is 0 Å². The van der Waals surface area contributed by atoms with Gasteiger partial charge in [0.15, 0.2) is 0 Å². The summed E-state index contributed by atoms with van der Waals surface area (Å²) in [5.74, 6) is 5.78. The first-order chi connectivity index (χ1) is 13.0. The number of nitrogens with zero attached hydrogens (tertiary/aromatic N) is 2. The normalized spacial score (nSPS) is 15.2. The fourth-order valence-electron chi connectivity index (χ4n) is 3.03. The summed E-state index contributed by atoms with van der Waals surface area (Å²) in [6, 6.07) is 16.2. The van der Waals surface area contributed by atoms with Gasteiger partial charge in [-0.2, -0.15) is 4.31 Å². The van der Waals surface area contributed by atoms with Crippen molar-refractivity contribution in [2.75, 3.05) is 36.8 Å². The van der Waals surface area contributed by atoms with Gasteiger partial charge in [-0.3, -0.25) is 0 Å². The third-order valence-electron chi connectivity index (χ3n) is 4.57. The lowest BCUT2D eigenvalue weighted by Crippen LogP contribution is -2.49. The molecule has 2 aromatic rings. The highest BCUT2D eigenvalue weighted by Crippen LogP contribution is 2.18. The first-order valence-electron chi connectivity index (χ1n) is 9.02. The van der Waals surface area contributed by atoms with Crippen LogP contribution in [0.3, 0.4) is 0 Å². The van der Waals surface area contributed by atoms with Crippen LogP contribution in [0.15, 0.2) is 54.6 Å².